The van der Waals surface area contributed by atoms with Crippen molar-refractivity contribution in [2.75, 3.05) is 19.0 Å². The van der Waals surface area contributed by atoms with Crippen LogP contribution in [0, 0.1) is 5.92 Å². The van der Waals surface area contributed by atoms with Crippen LogP contribution in [-0.2, 0) is 10.9 Å². The topological polar surface area (TPSA) is 78.9 Å². The Morgan fingerprint density at radius 2 is 1.89 bits per heavy atom. The fourth-order valence-electron chi connectivity index (χ4n) is 4.21. The van der Waals surface area contributed by atoms with Crippen molar-refractivity contribution < 1.29 is 32.6 Å². The van der Waals surface area contributed by atoms with Gasteiger partial charge in [0.15, 0.2) is 0 Å². The maximum absolute atomic E-state index is 13.3. The number of carbonyl (C=O) groups is 2. The molecule has 1 amide bonds. The Kier molecular flexibility index (Phi) is 5.21. The molecule has 0 radical (unpaired) electrons. The highest BCUT2D eigenvalue weighted by Gasteiger charge is 2.43. The van der Waals surface area contributed by atoms with E-state index in [4.69, 9.17) is 0 Å². The molecule has 3 rings (SSSR count). The predicted octanol–water partition coefficient (Wildman–Crippen LogP) is 3.82. The van der Waals surface area contributed by atoms with Crippen molar-refractivity contribution in [3.63, 3.8) is 0 Å². The molecular weight excluding hydrogens is 365 g/mol. The number of alkyl halides is 3. The maximum atomic E-state index is 13.3. The monoisotopic (exact) mass is 386 g/mol. The second-order valence-electron chi connectivity index (χ2n) is 7.04. The van der Waals surface area contributed by atoms with Crippen LogP contribution in [0.1, 0.15) is 41.6 Å². The summed E-state index contributed by atoms with van der Waals surface area (Å²) in [6, 6.07) is 2.96. The Bertz CT molecular complexity index is 724. The lowest BCUT2D eigenvalue weighted by Gasteiger charge is -2.37. The van der Waals surface area contributed by atoms with Crippen LogP contribution >= 0.6 is 0 Å². The van der Waals surface area contributed by atoms with Gasteiger partial charge >= 0.3 is 18.2 Å². The summed E-state index contributed by atoms with van der Waals surface area (Å²) in [5, 5.41) is 12.1. The van der Waals surface area contributed by atoms with Gasteiger partial charge in [0.05, 0.1) is 18.2 Å². The van der Waals surface area contributed by atoms with Crippen molar-refractivity contribution in [3.8, 4) is 0 Å². The summed E-state index contributed by atoms with van der Waals surface area (Å²) in [7, 11) is 1.17. The first kappa shape index (κ1) is 19.3. The molecule has 1 aromatic rings. The van der Waals surface area contributed by atoms with E-state index in [0.29, 0.717) is 12.8 Å². The normalized spacial score (nSPS) is 24.6. The molecule has 2 N–H and O–H groups in total. The average Bonchev–Trinajstić information content (AvgIpc) is 2.89. The minimum absolute atomic E-state index is 0.0359. The lowest BCUT2D eigenvalue weighted by atomic mass is 9.90. The van der Waals surface area contributed by atoms with Crippen molar-refractivity contribution in [1.82, 2.24) is 4.90 Å². The standard InChI is InChI=1S/C18H21F3N2O4/c1-27-16(24)11-2-5-14(18(19,20)21)15(8-11)22-9-10-6-12-3-4-13(7-10)23(12)17(25)26/h2,5,8,10,12-13,22H,3-4,6-7,9H2,1H3,(H,25,26)/t10-,12+,13-. The third-order valence-electron chi connectivity index (χ3n) is 5.38. The number of hydrogen-bond acceptors (Lipinski definition) is 4. The molecule has 2 bridgehead atoms. The Labute approximate surface area is 154 Å². The number of carboxylic acid groups (broad SMARTS) is 1. The van der Waals surface area contributed by atoms with Gasteiger partial charge in [0, 0.05) is 24.3 Å². The van der Waals surface area contributed by atoms with Crippen LogP contribution in [0.15, 0.2) is 18.2 Å². The molecule has 0 saturated carbocycles. The molecule has 9 heteroatoms. The number of rotatable bonds is 4. The molecule has 6 nitrogen and oxygen atoms in total. The summed E-state index contributed by atoms with van der Waals surface area (Å²) in [5.41, 5.74) is -0.978. The average molecular weight is 386 g/mol. The Morgan fingerprint density at radius 1 is 1.26 bits per heavy atom. The molecule has 27 heavy (non-hydrogen) atoms. The molecule has 2 saturated heterocycles. The summed E-state index contributed by atoms with van der Waals surface area (Å²) in [4.78, 5) is 24.4. The van der Waals surface area contributed by atoms with Crippen LogP contribution in [0.4, 0.5) is 23.7 Å². The number of amides is 1. The van der Waals surface area contributed by atoms with E-state index in [1.54, 1.807) is 0 Å². The van der Waals surface area contributed by atoms with Crippen molar-refractivity contribution in [2.45, 2.75) is 43.9 Å². The summed E-state index contributed by atoms with van der Waals surface area (Å²) >= 11 is 0. The van der Waals surface area contributed by atoms with Gasteiger partial charge in [-0.1, -0.05) is 0 Å². The zero-order valence-electron chi connectivity index (χ0n) is 14.8. The molecule has 0 unspecified atom stereocenters. The zero-order valence-corrected chi connectivity index (χ0v) is 14.8. The molecule has 0 aliphatic carbocycles. The number of hydrogen-bond donors (Lipinski definition) is 2. The quantitative estimate of drug-likeness (QED) is 0.769. The summed E-state index contributed by atoms with van der Waals surface area (Å²) in [6.45, 7) is 0.286. The number of halogens is 3. The van der Waals surface area contributed by atoms with Crippen molar-refractivity contribution in [3.05, 3.63) is 29.3 Å². The molecule has 3 atom stereocenters. The van der Waals surface area contributed by atoms with Crippen molar-refractivity contribution >= 4 is 17.7 Å². The van der Waals surface area contributed by atoms with E-state index in [1.807, 2.05) is 0 Å². The van der Waals surface area contributed by atoms with Gasteiger partial charge in [0.1, 0.15) is 0 Å². The first-order valence-corrected chi connectivity index (χ1v) is 8.75. The van der Waals surface area contributed by atoms with Crippen LogP contribution in [0.5, 0.6) is 0 Å². The van der Waals surface area contributed by atoms with Gasteiger partial charge in [-0.2, -0.15) is 13.2 Å². The molecular formula is C18H21F3N2O4. The van der Waals surface area contributed by atoms with Crippen LogP contribution in [0.2, 0.25) is 0 Å². The number of ether oxygens (including phenoxy) is 1. The van der Waals surface area contributed by atoms with Gasteiger partial charge in [0.25, 0.3) is 0 Å². The number of anilines is 1. The second-order valence-corrected chi connectivity index (χ2v) is 7.04. The van der Waals surface area contributed by atoms with E-state index < -0.39 is 23.8 Å². The minimum atomic E-state index is -4.55. The summed E-state index contributed by atoms with van der Waals surface area (Å²) < 4.78 is 44.4. The highest BCUT2D eigenvalue weighted by atomic mass is 19.4. The smallest absolute Gasteiger partial charge is 0.418 e. The van der Waals surface area contributed by atoms with Crippen molar-refractivity contribution in [2.24, 2.45) is 5.92 Å². The molecule has 2 fully saturated rings. The fourth-order valence-corrected chi connectivity index (χ4v) is 4.21. The zero-order chi connectivity index (χ0) is 19.8. The number of nitrogens with one attached hydrogen (secondary N) is 1. The molecule has 2 aliphatic rings. The number of carbonyl (C=O) groups excluding carboxylic acids is 1. The van der Waals surface area contributed by atoms with Gasteiger partial charge in [-0.25, -0.2) is 9.59 Å². The van der Waals surface area contributed by atoms with Gasteiger partial charge < -0.3 is 20.1 Å². The predicted molar refractivity (Wildman–Crippen MR) is 90.7 cm³/mol. The molecule has 1 aromatic carbocycles. The molecule has 2 heterocycles. The first-order chi connectivity index (χ1) is 12.7. The number of nitrogens with zero attached hydrogens (tertiary/aromatic N) is 1. The Hall–Kier alpha value is -2.45. The molecule has 0 aromatic heterocycles. The maximum Gasteiger partial charge on any atom is 0.418 e. The SMILES string of the molecule is COC(=O)c1ccc(C(F)(F)F)c(NC[C@H]2C[C@H]3CC[C@@H](C2)N3C(=O)O)c1. The number of esters is 1. The van der Waals surface area contributed by atoms with E-state index in [2.05, 4.69) is 10.1 Å². The van der Waals surface area contributed by atoms with E-state index >= 15 is 0 Å². The molecule has 0 spiro atoms. The van der Waals surface area contributed by atoms with Gasteiger partial charge in [-0.3, -0.25) is 0 Å². The van der Waals surface area contributed by atoms with Gasteiger partial charge in [-0.15, -0.1) is 0 Å². The van der Waals surface area contributed by atoms with Crippen molar-refractivity contribution in [1.29, 1.82) is 0 Å². The minimum Gasteiger partial charge on any atom is -0.465 e. The number of fused-ring (bicyclic) bond motifs is 2. The number of methoxy groups -OCH3 is 1. The second kappa shape index (κ2) is 7.28. The first-order valence-electron chi connectivity index (χ1n) is 8.75. The van der Waals surface area contributed by atoms with Crippen LogP contribution in [0.25, 0.3) is 0 Å². The van der Waals surface area contributed by atoms with Crippen LogP contribution in [-0.4, -0.2) is 47.8 Å². The number of benzene rings is 1. The van der Waals surface area contributed by atoms with E-state index in [0.717, 1.165) is 31.0 Å². The van der Waals surface area contributed by atoms with Crippen LogP contribution < -0.4 is 5.32 Å². The fraction of sp³-hybridized carbons (Fsp3) is 0.556. The third kappa shape index (κ3) is 3.96. The molecule has 2 aliphatic heterocycles. The lowest BCUT2D eigenvalue weighted by molar-refractivity contribution is -0.137. The third-order valence-corrected chi connectivity index (χ3v) is 5.38. The van der Waals surface area contributed by atoms with Gasteiger partial charge in [-0.05, 0) is 49.8 Å². The van der Waals surface area contributed by atoms with Gasteiger partial charge in [0.2, 0.25) is 0 Å². The highest BCUT2D eigenvalue weighted by Crippen LogP contribution is 2.40. The van der Waals surface area contributed by atoms with E-state index in [9.17, 15) is 27.9 Å². The molecule has 148 valence electrons. The number of piperidine rings is 1. The Morgan fingerprint density at radius 3 is 2.41 bits per heavy atom. The summed E-state index contributed by atoms with van der Waals surface area (Å²) in [6.07, 6.45) is -2.67. The van der Waals surface area contributed by atoms with Crippen LogP contribution in [0.3, 0.4) is 0 Å². The highest BCUT2D eigenvalue weighted by molar-refractivity contribution is 5.90. The Balaban J connectivity index is 1.74. The van der Waals surface area contributed by atoms with E-state index in [-0.39, 0.29) is 35.8 Å². The largest absolute Gasteiger partial charge is 0.465 e. The summed E-state index contributed by atoms with van der Waals surface area (Å²) in [5.74, 6) is -0.638. The lowest BCUT2D eigenvalue weighted by Crippen LogP contribution is -2.47. The van der Waals surface area contributed by atoms with E-state index in [1.165, 1.54) is 12.0 Å².